The van der Waals surface area contributed by atoms with Crippen LogP contribution in [0.1, 0.15) is 40.3 Å². The molecule has 5 aromatic rings. The second-order valence-electron chi connectivity index (χ2n) is 10.9. The summed E-state index contributed by atoms with van der Waals surface area (Å²) >= 11 is 7.20. The van der Waals surface area contributed by atoms with Crippen molar-refractivity contribution in [2.24, 2.45) is 0 Å². The Kier molecular flexibility index (Phi) is 8.81. The van der Waals surface area contributed by atoms with Gasteiger partial charge in [0.1, 0.15) is 22.3 Å². The van der Waals surface area contributed by atoms with Gasteiger partial charge in [-0.1, -0.05) is 41.9 Å². The Morgan fingerprint density at radius 1 is 1.11 bits per heavy atom. The predicted molar refractivity (Wildman–Crippen MR) is 177 cm³/mol. The van der Waals surface area contributed by atoms with Crippen molar-refractivity contribution in [3.8, 4) is 10.6 Å². The van der Waals surface area contributed by atoms with Crippen molar-refractivity contribution >= 4 is 57.2 Å². The molecule has 2 saturated heterocycles. The first kappa shape index (κ1) is 30.3. The zero-order chi connectivity index (χ0) is 31.5. The number of rotatable bonds is 5. The number of nitrogens with two attached hydrogens (primary N) is 1. The number of fused-ring (bicyclic) bond motifs is 2. The summed E-state index contributed by atoms with van der Waals surface area (Å²) in [6.45, 7) is 3.70. The summed E-state index contributed by atoms with van der Waals surface area (Å²) in [7, 11) is 0. The predicted octanol–water partition coefficient (Wildman–Crippen LogP) is 6.36. The summed E-state index contributed by atoms with van der Waals surface area (Å²) in [6.07, 6.45) is 4.93. The molecule has 7 rings (SSSR count). The number of aromatic nitrogens is 3. The maximum atomic E-state index is 13.3. The van der Waals surface area contributed by atoms with Crippen molar-refractivity contribution in [2.75, 3.05) is 24.2 Å². The van der Waals surface area contributed by atoms with Crippen LogP contribution in [0.4, 0.5) is 16.2 Å². The molecule has 230 valence electrons. The average Bonchev–Trinajstić information content (AvgIpc) is 3.69. The summed E-state index contributed by atoms with van der Waals surface area (Å²) in [5.41, 5.74) is 9.33. The van der Waals surface area contributed by atoms with Gasteiger partial charge >= 0.3 is 6.09 Å². The molecule has 0 spiro atoms. The highest BCUT2D eigenvalue weighted by Crippen LogP contribution is 2.32. The number of thiazole rings is 1. The molecule has 4 heterocycles. The normalized spacial score (nSPS) is 15.6. The van der Waals surface area contributed by atoms with E-state index in [4.69, 9.17) is 22.1 Å². The van der Waals surface area contributed by atoms with Gasteiger partial charge in [-0.15, -0.1) is 11.3 Å². The number of aryl methyl sites for hydroxylation is 1. The molecule has 2 aliphatic rings. The van der Waals surface area contributed by atoms with Crippen molar-refractivity contribution in [3.05, 3.63) is 105 Å². The Bertz CT molecular complexity index is 1930. The number of hydrogen-bond donors (Lipinski definition) is 2. The standard InChI is InChI=1S/C26H20ClN5O2S.C7H11NO2/c1-15-30-22-12-19(25-29-13-23(35-25)24(33)31-18-5-3-2-4-6-18)21(28)11-20(22)26(34)32(15)14-16-7-9-17(27)10-8-16;9-7-8-4-2-1-3-6(8)5-10-7/h2-13H,14,28H2,1H3,(H,31,33);6H,1-5H2. The monoisotopic (exact) mass is 642 g/mol. The van der Waals surface area contributed by atoms with Gasteiger partial charge in [0.2, 0.25) is 0 Å². The zero-order valence-electron chi connectivity index (χ0n) is 24.5. The minimum Gasteiger partial charge on any atom is -0.447 e. The maximum absolute atomic E-state index is 13.3. The van der Waals surface area contributed by atoms with Gasteiger partial charge in [0, 0.05) is 28.5 Å². The molecule has 1 atom stereocenters. The lowest BCUT2D eigenvalue weighted by atomic mass is 10.0. The van der Waals surface area contributed by atoms with Crippen molar-refractivity contribution < 1.29 is 14.3 Å². The number of nitrogens with one attached hydrogen (secondary N) is 1. The molecule has 12 heteroatoms. The molecule has 0 radical (unpaired) electrons. The fraction of sp³-hybridized carbons (Fsp3) is 0.242. The van der Waals surface area contributed by atoms with Crippen LogP contribution in [0.2, 0.25) is 5.02 Å². The molecule has 1 unspecified atom stereocenters. The lowest BCUT2D eigenvalue weighted by molar-refractivity contribution is 0.103. The highest BCUT2D eigenvalue weighted by molar-refractivity contribution is 7.17. The highest BCUT2D eigenvalue weighted by atomic mass is 35.5. The van der Waals surface area contributed by atoms with E-state index in [1.807, 2.05) is 47.4 Å². The fourth-order valence-corrected chi connectivity index (χ4v) is 6.40. The lowest BCUT2D eigenvalue weighted by Crippen LogP contribution is -2.37. The van der Waals surface area contributed by atoms with E-state index in [1.54, 1.807) is 35.8 Å². The van der Waals surface area contributed by atoms with Crippen LogP contribution in [0.15, 0.2) is 77.7 Å². The molecule has 2 aromatic heterocycles. The number of benzene rings is 3. The van der Waals surface area contributed by atoms with E-state index in [0.717, 1.165) is 24.9 Å². The molecule has 2 amide bonds. The lowest BCUT2D eigenvalue weighted by Gasteiger charge is -2.25. The zero-order valence-corrected chi connectivity index (χ0v) is 26.1. The first-order chi connectivity index (χ1) is 21.8. The molecule has 2 fully saturated rings. The van der Waals surface area contributed by atoms with Crippen LogP contribution < -0.4 is 16.6 Å². The number of nitrogens with zero attached hydrogens (tertiary/aromatic N) is 4. The van der Waals surface area contributed by atoms with Gasteiger partial charge in [-0.05, 0) is 68.1 Å². The van der Waals surface area contributed by atoms with E-state index in [0.29, 0.717) is 67.8 Å². The highest BCUT2D eigenvalue weighted by Gasteiger charge is 2.34. The van der Waals surface area contributed by atoms with Crippen molar-refractivity contribution in [2.45, 2.75) is 38.8 Å². The van der Waals surface area contributed by atoms with E-state index in [-0.39, 0.29) is 17.6 Å². The number of nitrogen functional groups attached to an aromatic ring is 1. The number of cyclic esters (lactones) is 1. The number of hydrogen-bond acceptors (Lipinski definition) is 8. The quantitative estimate of drug-likeness (QED) is 0.213. The van der Waals surface area contributed by atoms with Gasteiger partial charge in [-0.25, -0.2) is 14.8 Å². The van der Waals surface area contributed by atoms with E-state index in [1.165, 1.54) is 24.0 Å². The molecule has 0 aliphatic carbocycles. The number of para-hydroxylation sites is 1. The molecule has 3 N–H and O–H groups in total. The van der Waals surface area contributed by atoms with Crippen LogP contribution in [0, 0.1) is 6.92 Å². The van der Waals surface area contributed by atoms with Gasteiger partial charge in [-0.2, -0.15) is 0 Å². The fourth-order valence-electron chi connectivity index (χ4n) is 5.42. The topological polar surface area (TPSA) is 132 Å². The minimum atomic E-state index is -0.252. The number of amides is 2. The van der Waals surface area contributed by atoms with E-state index < -0.39 is 0 Å². The molecule has 45 heavy (non-hydrogen) atoms. The maximum Gasteiger partial charge on any atom is 0.410 e. The number of piperidine rings is 1. The van der Waals surface area contributed by atoms with Crippen LogP contribution in [0.3, 0.4) is 0 Å². The van der Waals surface area contributed by atoms with Gasteiger partial charge < -0.3 is 20.7 Å². The van der Waals surface area contributed by atoms with Gasteiger partial charge in [-0.3, -0.25) is 14.2 Å². The van der Waals surface area contributed by atoms with Crippen LogP contribution in [0.5, 0.6) is 0 Å². The Labute approximate surface area is 268 Å². The third-order valence-electron chi connectivity index (χ3n) is 7.82. The summed E-state index contributed by atoms with van der Waals surface area (Å²) in [5.74, 6) is 0.327. The first-order valence-electron chi connectivity index (χ1n) is 14.6. The molecular weight excluding hydrogens is 612 g/mol. The van der Waals surface area contributed by atoms with Crippen LogP contribution in [-0.2, 0) is 11.3 Å². The molecule has 0 saturated carbocycles. The van der Waals surface area contributed by atoms with E-state index >= 15 is 0 Å². The smallest absolute Gasteiger partial charge is 0.410 e. The third kappa shape index (κ3) is 6.69. The van der Waals surface area contributed by atoms with Gasteiger partial charge in [0.25, 0.3) is 11.5 Å². The minimum absolute atomic E-state index is 0.107. The summed E-state index contributed by atoms with van der Waals surface area (Å²) in [4.78, 5) is 48.1. The summed E-state index contributed by atoms with van der Waals surface area (Å²) in [5, 5.41) is 4.48. The third-order valence-corrected chi connectivity index (χ3v) is 9.10. The first-order valence-corrected chi connectivity index (χ1v) is 15.8. The van der Waals surface area contributed by atoms with Gasteiger partial charge in [0.15, 0.2) is 0 Å². The SMILES string of the molecule is Cc1nc2cc(-c3ncc(C(=O)Nc4ccccc4)s3)c(N)cc2c(=O)n1Cc1ccc(Cl)cc1.O=C1OCC2CCCCN12. The number of carbonyl (C=O) groups excluding carboxylic acids is 2. The second-order valence-corrected chi connectivity index (χ2v) is 12.4. The van der Waals surface area contributed by atoms with Crippen LogP contribution in [-0.4, -0.2) is 50.6 Å². The van der Waals surface area contributed by atoms with Crippen LogP contribution >= 0.6 is 22.9 Å². The van der Waals surface area contributed by atoms with Gasteiger partial charge in [0.05, 0.1) is 29.7 Å². The molecular formula is C33H31ClN6O4S. The molecule has 10 nitrogen and oxygen atoms in total. The Balaban J connectivity index is 0.000000301. The second kappa shape index (κ2) is 13.1. The number of anilines is 2. The van der Waals surface area contributed by atoms with E-state index in [9.17, 15) is 14.4 Å². The summed E-state index contributed by atoms with van der Waals surface area (Å²) in [6, 6.07) is 20.3. The average molecular weight is 643 g/mol. The van der Waals surface area contributed by atoms with Crippen molar-refractivity contribution in [3.63, 3.8) is 0 Å². The molecule has 2 aliphatic heterocycles. The van der Waals surface area contributed by atoms with Crippen molar-refractivity contribution in [1.82, 2.24) is 19.4 Å². The number of ether oxygens (including phenoxy) is 1. The van der Waals surface area contributed by atoms with E-state index in [2.05, 4.69) is 15.3 Å². The largest absolute Gasteiger partial charge is 0.447 e. The number of carbonyl (C=O) groups is 2. The Hall–Kier alpha value is -4.74. The van der Waals surface area contributed by atoms with Crippen LogP contribution in [0.25, 0.3) is 21.5 Å². The Morgan fingerprint density at radius 3 is 2.64 bits per heavy atom. The summed E-state index contributed by atoms with van der Waals surface area (Å²) < 4.78 is 6.50. The van der Waals surface area contributed by atoms with Crippen molar-refractivity contribution in [1.29, 1.82) is 0 Å². The Morgan fingerprint density at radius 2 is 1.89 bits per heavy atom. The molecule has 3 aromatic carbocycles. The molecule has 0 bridgehead atoms. The number of halogens is 1.